The van der Waals surface area contributed by atoms with Crippen LogP contribution in [0.1, 0.15) is 12.1 Å². The number of nitrogens with zero attached hydrogens (tertiary/aromatic N) is 1. The molecule has 0 aliphatic rings. The van der Waals surface area contributed by atoms with E-state index in [0.29, 0.717) is 6.07 Å². The summed E-state index contributed by atoms with van der Waals surface area (Å²) in [5.41, 5.74) is -1.08. The van der Waals surface area contributed by atoms with Gasteiger partial charge in [0.05, 0.1) is 0 Å². The third kappa shape index (κ3) is 1.41. The highest BCUT2D eigenvalue weighted by Crippen LogP contribution is 2.29. The molecule has 0 unspecified atom stereocenters. The molecular weight excluding hydrogens is 175 g/mol. The van der Waals surface area contributed by atoms with Gasteiger partial charge in [0.2, 0.25) is 0 Å². The number of pyridine rings is 1. The molecule has 12 heavy (non-hydrogen) atoms. The Morgan fingerprint density at radius 2 is 1.83 bits per heavy atom. The molecular formula is C6H4F3NO2. The van der Waals surface area contributed by atoms with E-state index in [1.54, 1.807) is 0 Å². The molecule has 0 aliphatic carbocycles. The normalized spacial score (nSPS) is 10.7. The number of rotatable bonds is 1. The van der Waals surface area contributed by atoms with E-state index in [-0.39, 0.29) is 0 Å². The molecule has 2 N–H and O–H groups in total. The molecule has 0 atom stereocenters. The summed E-state index contributed by atoms with van der Waals surface area (Å²) in [6.07, 6.45) is -3.07. The Hall–Kier alpha value is -1.46. The first-order chi connectivity index (χ1) is 5.52. The third-order valence-corrected chi connectivity index (χ3v) is 1.17. The fourth-order valence-corrected chi connectivity index (χ4v) is 0.644. The van der Waals surface area contributed by atoms with Crippen molar-refractivity contribution in [2.45, 2.75) is 6.43 Å². The van der Waals surface area contributed by atoms with E-state index in [1.807, 2.05) is 0 Å². The van der Waals surface area contributed by atoms with E-state index >= 15 is 0 Å². The van der Waals surface area contributed by atoms with E-state index in [4.69, 9.17) is 10.2 Å². The predicted molar refractivity (Wildman–Crippen MR) is 32.5 cm³/mol. The lowest BCUT2D eigenvalue weighted by molar-refractivity contribution is 0.140. The maximum absolute atomic E-state index is 12.3. The van der Waals surface area contributed by atoms with Crippen LogP contribution in [-0.2, 0) is 0 Å². The molecule has 1 rings (SSSR count). The van der Waals surface area contributed by atoms with E-state index in [2.05, 4.69) is 4.98 Å². The SMILES string of the molecule is Oc1cc(O)c(C(F)F)nc1F. The Morgan fingerprint density at radius 3 is 2.33 bits per heavy atom. The standard InChI is InChI=1S/C6H4F3NO2/c7-5(8)4-2(11)1-3(12)6(9)10-4/h1,5,11-12H. The Morgan fingerprint density at radius 1 is 1.25 bits per heavy atom. The fraction of sp³-hybridized carbons (Fsp3) is 0.167. The van der Waals surface area contributed by atoms with Crippen LogP contribution in [0.4, 0.5) is 13.2 Å². The van der Waals surface area contributed by atoms with E-state index in [1.165, 1.54) is 0 Å². The van der Waals surface area contributed by atoms with Gasteiger partial charge in [-0.25, -0.2) is 13.8 Å². The van der Waals surface area contributed by atoms with Crippen molar-refractivity contribution >= 4 is 0 Å². The smallest absolute Gasteiger partial charge is 0.284 e. The predicted octanol–water partition coefficient (Wildman–Crippen LogP) is 1.57. The first-order valence-corrected chi connectivity index (χ1v) is 2.89. The second-order valence-corrected chi connectivity index (χ2v) is 2.00. The summed E-state index contributed by atoms with van der Waals surface area (Å²) in [5.74, 6) is -3.32. The summed E-state index contributed by atoms with van der Waals surface area (Å²) in [5, 5.41) is 17.3. The van der Waals surface area contributed by atoms with Crippen LogP contribution in [-0.4, -0.2) is 15.2 Å². The monoisotopic (exact) mass is 179 g/mol. The van der Waals surface area contributed by atoms with Crippen molar-refractivity contribution in [1.82, 2.24) is 4.98 Å². The lowest BCUT2D eigenvalue weighted by atomic mass is 10.3. The van der Waals surface area contributed by atoms with Crippen LogP contribution < -0.4 is 0 Å². The van der Waals surface area contributed by atoms with Crippen LogP contribution in [0.25, 0.3) is 0 Å². The van der Waals surface area contributed by atoms with Gasteiger partial charge in [-0.3, -0.25) is 0 Å². The van der Waals surface area contributed by atoms with Gasteiger partial charge in [0.25, 0.3) is 12.4 Å². The van der Waals surface area contributed by atoms with Gasteiger partial charge in [0.1, 0.15) is 5.75 Å². The minimum absolute atomic E-state index is 0.476. The lowest BCUT2D eigenvalue weighted by Gasteiger charge is -2.02. The van der Waals surface area contributed by atoms with Crippen LogP contribution in [0, 0.1) is 5.95 Å². The average Bonchev–Trinajstić information content (AvgIpc) is 1.96. The highest BCUT2D eigenvalue weighted by Gasteiger charge is 2.17. The van der Waals surface area contributed by atoms with Crippen molar-refractivity contribution in [2.75, 3.05) is 0 Å². The minimum atomic E-state index is -3.07. The molecule has 1 aromatic rings. The van der Waals surface area contributed by atoms with Crippen LogP contribution in [0.2, 0.25) is 0 Å². The highest BCUT2D eigenvalue weighted by atomic mass is 19.3. The van der Waals surface area contributed by atoms with Crippen LogP contribution >= 0.6 is 0 Å². The number of hydrogen-bond acceptors (Lipinski definition) is 3. The van der Waals surface area contributed by atoms with Crippen molar-refractivity contribution in [3.8, 4) is 11.5 Å². The first kappa shape index (κ1) is 8.63. The van der Waals surface area contributed by atoms with Crippen molar-refractivity contribution < 1.29 is 23.4 Å². The van der Waals surface area contributed by atoms with E-state index in [0.717, 1.165) is 0 Å². The molecule has 6 heteroatoms. The van der Waals surface area contributed by atoms with E-state index < -0.39 is 29.6 Å². The zero-order valence-electron chi connectivity index (χ0n) is 5.63. The molecule has 0 bridgehead atoms. The second-order valence-electron chi connectivity index (χ2n) is 2.00. The fourth-order valence-electron chi connectivity index (χ4n) is 0.644. The van der Waals surface area contributed by atoms with Gasteiger partial charge in [0, 0.05) is 6.07 Å². The molecule has 0 spiro atoms. The molecule has 0 amide bonds. The molecule has 0 aliphatic heterocycles. The van der Waals surface area contributed by atoms with Gasteiger partial charge in [-0.1, -0.05) is 0 Å². The largest absolute Gasteiger partial charge is 0.506 e. The summed E-state index contributed by atoms with van der Waals surface area (Å²) in [6, 6.07) is 0.476. The molecule has 1 heterocycles. The Kier molecular flexibility index (Phi) is 2.07. The number of aromatic hydroxyl groups is 2. The molecule has 0 saturated heterocycles. The molecule has 0 saturated carbocycles. The summed E-state index contributed by atoms with van der Waals surface area (Å²) in [7, 11) is 0. The summed E-state index contributed by atoms with van der Waals surface area (Å²) in [4.78, 5) is 2.66. The molecule has 3 nitrogen and oxygen atoms in total. The quantitative estimate of drug-likeness (QED) is 0.643. The number of halogens is 3. The maximum Gasteiger partial charge on any atom is 0.284 e. The van der Waals surface area contributed by atoms with Crippen LogP contribution in [0.15, 0.2) is 6.07 Å². The number of hydrogen-bond donors (Lipinski definition) is 2. The van der Waals surface area contributed by atoms with Gasteiger partial charge in [-0.05, 0) is 0 Å². The van der Waals surface area contributed by atoms with Crippen molar-refractivity contribution in [2.24, 2.45) is 0 Å². The van der Waals surface area contributed by atoms with Gasteiger partial charge in [-0.2, -0.15) is 4.39 Å². The van der Waals surface area contributed by atoms with Gasteiger partial charge in [0.15, 0.2) is 11.4 Å². The molecule has 66 valence electrons. The molecule has 0 radical (unpaired) electrons. The Bertz CT molecular complexity index is 303. The van der Waals surface area contributed by atoms with Crippen molar-refractivity contribution in [3.63, 3.8) is 0 Å². The van der Waals surface area contributed by atoms with Gasteiger partial charge < -0.3 is 10.2 Å². The van der Waals surface area contributed by atoms with E-state index in [9.17, 15) is 13.2 Å². The zero-order valence-corrected chi connectivity index (χ0v) is 5.63. The van der Waals surface area contributed by atoms with Gasteiger partial charge in [-0.15, -0.1) is 0 Å². The van der Waals surface area contributed by atoms with Crippen LogP contribution in [0.3, 0.4) is 0 Å². The summed E-state index contributed by atoms with van der Waals surface area (Å²) in [6.45, 7) is 0. The topological polar surface area (TPSA) is 53.4 Å². The maximum atomic E-state index is 12.3. The molecule has 0 fully saturated rings. The minimum Gasteiger partial charge on any atom is -0.506 e. The number of alkyl halides is 2. The zero-order chi connectivity index (χ0) is 9.30. The molecule has 1 aromatic heterocycles. The third-order valence-electron chi connectivity index (χ3n) is 1.17. The second kappa shape index (κ2) is 2.88. The van der Waals surface area contributed by atoms with Crippen molar-refractivity contribution in [1.29, 1.82) is 0 Å². The van der Waals surface area contributed by atoms with Gasteiger partial charge >= 0.3 is 0 Å². The Balaban J connectivity index is 3.23. The summed E-state index contributed by atoms with van der Waals surface area (Å²) >= 11 is 0. The van der Waals surface area contributed by atoms with Crippen molar-refractivity contribution in [3.05, 3.63) is 17.7 Å². The van der Waals surface area contributed by atoms with Crippen LogP contribution in [0.5, 0.6) is 11.5 Å². The number of aromatic nitrogens is 1. The first-order valence-electron chi connectivity index (χ1n) is 2.89. The molecule has 0 aromatic carbocycles. The Labute approximate surface area is 65.1 Å². The highest BCUT2D eigenvalue weighted by molar-refractivity contribution is 5.34. The summed E-state index contributed by atoms with van der Waals surface area (Å²) < 4.78 is 36.1. The average molecular weight is 179 g/mol. The lowest BCUT2D eigenvalue weighted by Crippen LogP contribution is -1.94.